The molecule has 0 aromatic heterocycles. The molecule has 3 N–H and O–H groups in total. The summed E-state index contributed by atoms with van der Waals surface area (Å²) in [7, 11) is 0. The Morgan fingerprint density at radius 3 is 2.71 bits per heavy atom. The SMILES string of the molecule is CCNC(=O)C(=O)NN=Cc1c(O)ccc2ccccc12. The maximum Gasteiger partial charge on any atom is 0.329 e. The Labute approximate surface area is 121 Å². The van der Waals surface area contributed by atoms with Gasteiger partial charge < -0.3 is 10.4 Å². The van der Waals surface area contributed by atoms with Crippen LogP contribution in [0.3, 0.4) is 0 Å². The number of amides is 2. The van der Waals surface area contributed by atoms with Crippen molar-refractivity contribution in [2.45, 2.75) is 6.92 Å². The third-order valence-electron chi connectivity index (χ3n) is 2.85. The quantitative estimate of drug-likeness (QED) is 0.448. The van der Waals surface area contributed by atoms with Crippen molar-refractivity contribution in [3.63, 3.8) is 0 Å². The van der Waals surface area contributed by atoms with E-state index in [1.54, 1.807) is 19.1 Å². The zero-order valence-corrected chi connectivity index (χ0v) is 11.5. The highest BCUT2D eigenvalue weighted by Crippen LogP contribution is 2.25. The average Bonchev–Trinajstić information content (AvgIpc) is 2.49. The number of nitrogens with one attached hydrogen (secondary N) is 2. The van der Waals surface area contributed by atoms with E-state index in [9.17, 15) is 14.7 Å². The fraction of sp³-hybridized carbons (Fsp3) is 0.133. The Hall–Kier alpha value is -2.89. The van der Waals surface area contributed by atoms with Gasteiger partial charge in [0.25, 0.3) is 0 Å². The van der Waals surface area contributed by atoms with Gasteiger partial charge in [-0.25, -0.2) is 5.43 Å². The molecule has 21 heavy (non-hydrogen) atoms. The molecular formula is C15H15N3O3. The Morgan fingerprint density at radius 2 is 1.95 bits per heavy atom. The van der Waals surface area contributed by atoms with Crippen LogP contribution in [-0.4, -0.2) is 29.7 Å². The van der Waals surface area contributed by atoms with Crippen molar-refractivity contribution < 1.29 is 14.7 Å². The number of carbonyl (C=O) groups is 2. The van der Waals surface area contributed by atoms with E-state index in [0.29, 0.717) is 12.1 Å². The number of aromatic hydroxyl groups is 1. The van der Waals surface area contributed by atoms with Crippen LogP contribution in [0.5, 0.6) is 5.75 Å². The molecule has 0 bridgehead atoms. The second kappa shape index (κ2) is 6.51. The molecule has 6 heteroatoms. The number of hydrogen-bond acceptors (Lipinski definition) is 4. The number of phenolic OH excluding ortho intramolecular Hbond substituents is 1. The summed E-state index contributed by atoms with van der Waals surface area (Å²) in [6.07, 6.45) is 1.31. The van der Waals surface area contributed by atoms with Gasteiger partial charge in [0, 0.05) is 12.1 Å². The number of likely N-dealkylation sites (N-methyl/N-ethyl adjacent to an activating group) is 1. The Morgan fingerprint density at radius 1 is 1.19 bits per heavy atom. The number of fused-ring (bicyclic) bond motifs is 1. The molecule has 0 atom stereocenters. The number of phenols is 1. The van der Waals surface area contributed by atoms with Crippen LogP contribution in [-0.2, 0) is 9.59 Å². The molecule has 0 aliphatic carbocycles. The topological polar surface area (TPSA) is 90.8 Å². The maximum absolute atomic E-state index is 11.4. The van der Waals surface area contributed by atoms with Gasteiger partial charge in [-0.1, -0.05) is 30.3 Å². The van der Waals surface area contributed by atoms with E-state index in [4.69, 9.17) is 0 Å². The summed E-state index contributed by atoms with van der Waals surface area (Å²) in [6.45, 7) is 2.07. The van der Waals surface area contributed by atoms with Crippen molar-refractivity contribution in [3.05, 3.63) is 42.0 Å². The predicted octanol–water partition coefficient (Wildman–Crippen LogP) is 1.13. The van der Waals surface area contributed by atoms with Crippen LogP contribution in [0.2, 0.25) is 0 Å². The first kappa shape index (κ1) is 14.5. The zero-order chi connectivity index (χ0) is 15.2. The van der Waals surface area contributed by atoms with E-state index in [1.165, 1.54) is 6.21 Å². The molecule has 0 spiro atoms. The van der Waals surface area contributed by atoms with Crippen molar-refractivity contribution in [1.29, 1.82) is 0 Å². The van der Waals surface area contributed by atoms with Gasteiger partial charge in [0.15, 0.2) is 0 Å². The summed E-state index contributed by atoms with van der Waals surface area (Å²) in [5.41, 5.74) is 2.59. The molecule has 0 aliphatic heterocycles. The standard InChI is InChI=1S/C15H15N3O3/c1-2-16-14(20)15(21)18-17-9-12-11-6-4-3-5-10(11)7-8-13(12)19/h3-9,19H,2H2,1H3,(H,16,20)(H,18,21). The minimum Gasteiger partial charge on any atom is -0.507 e. The van der Waals surface area contributed by atoms with E-state index < -0.39 is 11.8 Å². The summed E-state index contributed by atoms with van der Waals surface area (Å²) in [5.74, 6) is -1.56. The van der Waals surface area contributed by atoms with E-state index in [1.807, 2.05) is 24.3 Å². The summed E-state index contributed by atoms with van der Waals surface area (Å²) in [6, 6.07) is 10.8. The minimum absolute atomic E-state index is 0.0460. The molecule has 0 saturated carbocycles. The number of rotatable bonds is 3. The van der Waals surface area contributed by atoms with Gasteiger partial charge in [-0.2, -0.15) is 5.10 Å². The van der Waals surface area contributed by atoms with Crippen LogP contribution in [0, 0.1) is 0 Å². The van der Waals surface area contributed by atoms with Crippen molar-refractivity contribution >= 4 is 28.8 Å². The Kier molecular flexibility index (Phi) is 4.50. The average molecular weight is 285 g/mol. The second-order valence-corrected chi connectivity index (χ2v) is 4.28. The van der Waals surface area contributed by atoms with Gasteiger partial charge in [0.2, 0.25) is 0 Å². The predicted molar refractivity (Wildman–Crippen MR) is 80.0 cm³/mol. The molecule has 2 amide bonds. The zero-order valence-electron chi connectivity index (χ0n) is 11.5. The number of benzene rings is 2. The van der Waals surface area contributed by atoms with Crippen LogP contribution >= 0.6 is 0 Å². The first-order valence-electron chi connectivity index (χ1n) is 6.45. The molecular weight excluding hydrogens is 270 g/mol. The Balaban J connectivity index is 2.20. The van der Waals surface area contributed by atoms with Gasteiger partial charge in [-0.05, 0) is 23.8 Å². The normalized spacial score (nSPS) is 10.7. The van der Waals surface area contributed by atoms with Gasteiger partial charge in [0.1, 0.15) is 5.75 Å². The lowest BCUT2D eigenvalue weighted by Crippen LogP contribution is -2.37. The Bertz CT molecular complexity index is 710. The molecule has 2 rings (SSSR count). The van der Waals surface area contributed by atoms with Crippen molar-refractivity contribution in [2.24, 2.45) is 5.10 Å². The molecule has 0 heterocycles. The molecule has 2 aromatic carbocycles. The summed E-state index contributed by atoms with van der Waals surface area (Å²) >= 11 is 0. The van der Waals surface area contributed by atoms with E-state index in [-0.39, 0.29) is 5.75 Å². The molecule has 0 saturated heterocycles. The lowest BCUT2D eigenvalue weighted by molar-refractivity contribution is -0.139. The van der Waals surface area contributed by atoms with Crippen LogP contribution in [0.4, 0.5) is 0 Å². The highest BCUT2D eigenvalue weighted by molar-refractivity contribution is 6.35. The lowest BCUT2D eigenvalue weighted by Gasteiger charge is -2.04. The highest BCUT2D eigenvalue weighted by atomic mass is 16.3. The molecule has 0 unspecified atom stereocenters. The molecule has 108 valence electrons. The van der Waals surface area contributed by atoms with Crippen LogP contribution in [0.25, 0.3) is 10.8 Å². The molecule has 6 nitrogen and oxygen atoms in total. The maximum atomic E-state index is 11.4. The van der Waals surface area contributed by atoms with E-state index >= 15 is 0 Å². The van der Waals surface area contributed by atoms with Gasteiger partial charge in [-0.3, -0.25) is 9.59 Å². The third kappa shape index (κ3) is 3.36. The van der Waals surface area contributed by atoms with Crippen LogP contribution in [0.1, 0.15) is 12.5 Å². The van der Waals surface area contributed by atoms with Crippen molar-refractivity contribution in [1.82, 2.24) is 10.7 Å². The fourth-order valence-electron chi connectivity index (χ4n) is 1.87. The van der Waals surface area contributed by atoms with Crippen molar-refractivity contribution in [3.8, 4) is 5.75 Å². The van der Waals surface area contributed by atoms with E-state index in [2.05, 4.69) is 15.8 Å². The lowest BCUT2D eigenvalue weighted by atomic mass is 10.0. The number of hydrogen-bond donors (Lipinski definition) is 3. The third-order valence-corrected chi connectivity index (χ3v) is 2.85. The highest BCUT2D eigenvalue weighted by Gasteiger charge is 2.10. The van der Waals surface area contributed by atoms with Crippen molar-refractivity contribution in [2.75, 3.05) is 6.54 Å². The summed E-state index contributed by atoms with van der Waals surface area (Å²) in [4.78, 5) is 22.6. The molecule has 2 aromatic rings. The summed E-state index contributed by atoms with van der Waals surface area (Å²) < 4.78 is 0. The van der Waals surface area contributed by atoms with Gasteiger partial charge >= 0.3 is 11.8 Å². The molecule has 0 fully saturated rings. The number of nitrogens with zero attached hydrogens (tertiary/aromatic N) is 1. The minimum atomic E-state index is -0.854. The van der Waals surface area contributed by atoms with Crippen LogP contribution in [0.15, 0.2) is 41.5 Å². The van der Waals surface area contributed by atoms with Gasteiger partial charge in [0.05, 0.1) is 6.21 Å². The first-order chi connectivity index (χ1) is 10.1. The summed E-state index contributed by atoms with van der Waals surface area (Å²) in [5, 5.41) is 17.7. The second-order valence-electron chi connectivity index (χ2n) is 4.28. The van der Waals surface area contributed by atoms with Crippen LogP contribution < -0.4 is 10.7 Å². The van der Waals surface area contributed by atoms with Gasteiger partial charge in [-0.15, -0.1) is 0 Å². The molecule has 0 aliphatic rings. The van der Waals surface area contributed by atoms with E-state index in [0.717, 1.165) is 10.8 Å². The fourth-order valence-corrected chi connectivity index (χ4v) is 1.87. The monoisotopic (exact) mass is 285 g/mol. The first-order valence-corrected chi connectivity index (χ1v) is 6.45. The molecule has 0 radical (unpaired) electrons. The number of hydrazone groups is 1. The largest absolute Gasteiger partial charge is 0.507 e. The smallest absolute Gasteiger partial charge is 0.329 e. The number of carbonyl (C=O) groups excluding carboxylic acids is 2.